The van der Waals surface area contributed by atoms with Crippen molar-refractivity contribution in [3.63, 3.8) is 0 Å². The number of carbonyl (C=O) groups is 2. The predicted molar refractivity (Wildman–Crippen MR) is 145 cm³/mol. The third-order valence-corrected chi connectivity index (χ3v) is 7.35. The lowest BCUT2D eigenvalue weighted by Crippen LogP contribution is -2.48. The van der Waals surface area contributed by atoms with Gasteiger partial charge >= 0.3 is 0 Å². The molecule has 37 heavy (non-hydrogen) atoms. The molecule has 8 heteroatoms. The van der Waals surface area contributed by atoms with Crippen molar-refractivity contribution in [2.24, 2.45) is 0 Å². The number of anilines is 2. The largest absolute Gasteiger partial charge is 0.348 e. The monoisotopic (exact) mass is 498 g/mol. The van der Waals surface area contributed by atoms with Gasteiger partial charge in [-0.25, -0.2) is 4.98 Å². The highest BCUT2D eigenvalue weighted by molar-refractivity contribution is 5.98. The van der Waals surface area contributed by atoms with E-state index >= 15 is 0 Å². The summed E-state index contributed by atoms with van der Waals surface area (Å²) in [5.41, 5.74) is 3.63. The van der Waals surface area contributed by atoms with E-state index in [4.69, 9.17) is 9.97 Å². The average molecular weight is 499 g/mol. The molecule has 1 aromatic heterocycles. The highest BCUT2D eigenvalue weighted by Gasteiger charge is 2.37. The summed E-state index contributed by atoms with van der Waals surface area (Å²) in [6, 6.07) is 20.7. The van der Waals surface area contributed by atoms with Gasteiger partial charge in [0.1, 0.15) is 11.5 Å². The first-order valence-corrected chi connectivity index (χ1v) is 12.9. The lowest BCUT2D eigenvalue weighted by atomic mass is 9.97. The number of fused-ring (bicyclic) bond motifs is 1. The standard InChI is InChI=1S/C29H34N6O2/c1-20(2)35-19-24-25(28(35)37)30-29(34-17-15-33(16-18-34)21(3)36)31-27(24)32(4)26(22-11-7-5-8-12-22)23-13-9-6-10-14-23/h5-14,20,26H,15-19H2,1-4H3. The zero-order chi connectivity index (χ0) is 26.1. The van der Waals surface area contributed by atoms with Crippen LogP contribution in [0.25, 0.3) is 0 Å². The van der Waals surface area contributed by atoms with Gasteiger partial charge in [-0.1, -0.05) is 60.7 Å². The van der Waals surface area contributed by atoms with E-state index in [0.717, 1.165) is 22.5 Å². The van der Waals surface area contributed by atoms with E-state index in [2.05, 4.69) is 34.1 Å². The zero-order valence-corrected chi connectivity index (χ0v) is 22.0. The minimum absolute atomic E-state index is 0.0540. The van der Waals surface area contributed by atoms with Crippen LogP contribution in [0.3, 0.4) is 0 Å². The van der Waals surface area contributed by atoms with E-state index in [9.17, 15) is 9.59 Å². The summed E-state index contributed by atoms with van der Waals surface area (Å²) in [6.07, 6.45) is 0. The molecule has 0 spiro atoms. The second-order valence-electron chi connectivity index (χ2n) is 10.0. The summed E-state index contributed by atoms with van der Waals surface area (Å²) in [4.78, 5) is 43.1. The topological polar surface area (TPSA) is 72.9 Å². The van der Waals surface area contributed by atoms with E-state index in [-0.39, 0.29) is 23.9 Å². The van der Waals surface area contributed by atoms with Crippen molar-refractivity contribution in [3.05, 3.63) is 83.0 Å². The number of hydrogen-bond acceptors (Lipinski definition) is 6. The first kappa shape index (κ1) is 24.7. The van der Waals surface area contributed by atoms with Crippen LogP contribution in [0.4, 0.5) is 11.8 Å². The van der Waals surface area contributed by atoms with Crippen molar-refractivity contribution in [3.8, 4) is 0 Å². The van der Waals surface area contributed by atoms with Crippen LogP contribution < -0.4 is 9.80 Å². The van der Waals surface area contributed by atoms with Crippen LogP contribution in [-0.4, -0.2) is 70.9 Å². The number of nitrogens with zero attached hydrogens (tertiary/aromatic N) is 6. The molecule has 2 aliphatic rings. The van der Waals surface area contributed by atoms with Crippen LogP contribution in [0, 0.1) is 0 Å². The minimum atomic E-state index is -0.0907. The summed E-state index contributed by atoms with van der Waals surface area (Å²) in [5.74, 6) is 1.33. The lowest BCUT2D eigenvalue weighted by Gasteiger charge is -2.35. The van der Waals surface area contributed by atoms with Gasteiger partial charge in [-0.3, -0.25) is 9.59 Å². The lowest BCUT2D eigenvalue weighted by molar-refractivity contribution is -0.129. The molecule has 0 bridgehead atoms. The molecule has 1 fully saturated rings. The van der Waals surface area contributed by atoms with Gasteiger partial charge in [0.2, 0.25) is 11.9 Å². The van der Waals surface area contributed by atoms with Crippen LogP contribution in [0.1, 0.15) is 54.0 Å². The van der Waals surface area contributed by atoms with Gasteiger partial charge in [0, 0.05) is 51.8 Å². The molecule has 3 aromatic rings. The van der Waals surface area contributed by atoms with Crippen molar-refractivity contribution in [2.75, 3.05) is 43.0 Å². The summed E-state index contributed by atoms with van der Waals surface area (Å²) in [6.45, 7) is 8.63. The van der Waals surface area contributed by atoms with E-state index in [0.29, 0.717) is 44.4 Å². The van der Waals surface area contributed by atoms with Gasteiger partial charge in [0.15, 0.2) is 0 Å². The molecule has 0 atom stereocenters. The van der Waals surface area contributed by atoms with Crippen LogP contribution >= 0.6 is 0 Å². The number of piperazine rings is 1. The Labute approximate surface area is 218 Å². The Morgan fingerprint density at radius 3 is 1.97 bits per heavy atom. The van der Waals surface area contributed by atoms with Crippen LogP contribution in [0.5, 0.6) is 0 Å². The molecule has 0 saturated carbocycles. The van der Waals surface area contributed by atoms with Gasteiger partial charge in [-0.2, -0.15) is 4.98 Å². The summed E-state index contributed by atoms with van der Waals surface area (Å²) in [7, 11) is 2.05. The SMILES string of the molecule is CC(=O)N1CCN(c2nc3c(c(N(C)C(c4ccccc4)c4ccccc4)n2)CN(C(C)C)C3=O)CC1. The van der Waals surface area contributed by atoms with E-state index in [1.54, 1.807) is 6.92 Å². The zero-order valence-electron chi connectivity index (χ0n) is 22.0. The molecule has 192 valence electrons. The number of rotatable bonds is 6. The Bertz CT molecular complexity index is 1230. The van der Waals surface area contributed by atoms with Crippen molar-refractivity contribution in [1.82, 2.24) is 19.8 Å². The van der Waals surface area contributed by atoms with Crippen LogP contribution in [0.15, 0.2) is 60.7 Å². The number of aromatic nitrogens is 2. The van der Waals surface area contributed by atoms with E-state index in [1.807, 2.05) is 67.1 Å². The van der Waals surface area contributed by atoms with E-state index in [1.165, 1.54) is 0 Å². The highest BCUT2D eigenvalue weighted by Crippen LogP contribution is 2.37. The fraction of sp³-hybridized carbons (Fsp3) is 0.379. The smallest absolute Gasteiger partial charge is 0.273 e. The Morgan fingerprint density at radius 1 is 0.892 bits per heavy atom. The average Bonchev–Trinajstić information content (AvgIpc) is 3.26. The maximum atomic E-state index is 13.4. The number of hydrogen-bond donors (Lipinski definition) is 0. The summed E-state index contributed by atoms with van der Waals surface area (Å²) in [5, 5.41) is 0. The highest BCUT2D eigenvalue weighted by atomic mass is 16.2. The normalized spacial score (nSPS) is 15.5. The maximum Gasteiger partial charge on any atom is 0.273 e. The summed E-state index contributed by atoms with van der Waals surface area (Å²) >= 11 is 0. The molecular weight excluding hydrogens is 464 g/mol. The van der Waals surface area contributed by atoms with Crippen molar-refractivity contribution in [1.29, 1.82) is 0 Å². The Kier molecular flexibility index (Phi) is 6.82. The molecule has 5 rings (SSSR count). The van der Waals surface area contributed by atoms with Gasteiger partial charge < -0.3 is 19.6 Å². The molecule has 8 nitrogen and oxygen atoms in total. The molecule has 0 N–H and O–H groups in total. The van der Waals surface area contributed by atoms with Gasteiger partial charge in [0.05, 0.1) is 12.6 Å². The summed E-state index contributed by atoms with van der Waals surface area (Å²) < 4.78 is 0. The predicted octanol–water partition coefficient (Wildman–Crippen LogP) is 3.74. The minimum Gasteiger partial charge on any atom is -0.348 e. The quantitative estimate of drug-likeness (QED) is 0.516. The van der Waals surface area contributed by atoms with Gasteiger partial charge in [-0.05, 0) is 25.0 Å². The second kappa shape index (κ2) is 10.2. The maximum absolute atomic E-state index is 13.4. The molecule has 0 unspecified atom stereocenters. The number of amides is 2. The van der Waals surface area contributed by atoms with E-state index < -0.39 is 0 Å². The fourth-order valence-electron chi connectivity index (χ4n) is 5.27. The van der Waals surface area contributed by atoms with Crippen molar-refractivity contribution >= 4 is 23.6 Å². The molecule has 3 heterocycles. The Morgan fingerprint density at radius 2 is 1.46 bits per heavy atom. The number of benzene rings is 2. The third-order valence-electron chi connectivity index (χ3n) is 7.35. The molecule has 2 aliphatic heterocycles. The molecule has 0 aliphatic carbocycles. The second-order valence-corrected chi connectivity index (χ2v) is 10.0. The first-order chi connectivity index (χ1) is 17.8. The number of carbonyl (C=O) groups excluding carboxylic acids is 2. The van der Waals surface area contributed by atoms with Crippen molar-refractivity contribution < 1.29 is 9.59 Å². The first-order valence-electron chi connectivity index (χ1n) is 12.9. The molecule has 2 amide bonds. The third kappa shape index (κ3) is 4.75. The molecule has 1 saturated heterocycles. The van der Waals surface area contributed by atoms with Crippen LogP contribution in [-0.2, 0) is 11.3 Å². The van der Waals surface area contributed by atoms with Crippen LogP contribution in [0.2, 0.25) is 0 Å². The Hall–Kier alpha value is -3.94. The van der Waals surface area contributed by atoms with Gasteiger partial charge in [-0.15, -0.1) is 0 Å². The van der Waals surface area contributed by atoms with Gasteiger partial charge in [0.25, 0.3) is 5.91 Å². The fourth-order valence-corrected chi connectivity index (χ4v) is 5.27. The Balaban J connectivity index is 1.60. The molecular formula is C29H34N6O2. The molecule has 0 radical (unpaired) electrons. The van der Waals surface area contributed by atoms with Crippen molar-refractivity contribution in [2.45, 2.75) is 39.4 Å². The molecule has 2 aromatic carbocycles.